The van der Waals surface area contributed by atoms with E-state index in [0.717, 1.165) is 0 Å². The van der Waals surface area contributed by atoms with Gasteiger partial charge in [0.05, 0.1) is 9.50 Å². The second kappa shape index (κ2) is 4.94. The van der Waals surface area contributed by atoms with Gasteiger partial charge in [-0.05, 0) is 46.3 Å². The van der Waals surface area contributed by atoms with Gasteiger partial charge in [0.25, 0.3) is 0 Å². The Morgan fingerprint density at radius 1 is 1.18 bits per heavy atom. The van der Waals surface area contributed by atoms with Gasteiger partial charge in [-0.2, -0.15) is 0 Å². The van der Waals surface area contributed by atoms with E-state index < -0.39 is 5.82 Å². The summed E-state index contributed by atoms with van der Waals surface area (Å²) in [5.74, 6) is 0.401. The van der Waals surface area contributed by atoms with Crippen LogP contribution in [0.1, 0.15) is 0 Å². The normalized spacial score (nSPS) is 10.3. The molecule has 0 saturated carbocycles. The van der Waals surface area contributed by atoms with Crippen molar-refractivity contribution in [2.45, 2.75) is 0 Å². The number of nitrogen functional groups attached to an aromatic ring is 1. The molecule has 2 N–H and O–H groups in total. The van der Waals surface area contributed by atoms with Crippen molar-refractivity contribution in [3.8, 4) is 11.5 Å². The number of halogens is 3. The maximum atomic E-state index is 13.3. The molecule has 0 saturated heterocycles. The smallest absolute Gasteiger partial charge is 0.145 e. The van der Waals surface area contributed by atoms with E-state index in [4.69, 9.17) is 22.1 Å². The van der Waals surface area contributed by atoms with Gasteiger partial charge in [0.15, 0.2) is 0 Å². The van der Waals surface area contributed by atoms with Crippen LogP contribution in [0.2, 0.25) is 5.02 Å². The van der Waals surface area contributed by atoms with Gasteiger partial charge in [0.2, 0.25) is 0 Å². The Morgan fingerprint density at radius 3 is 2.47 bits per heavy atom. The summed E-state index contributed by atoms with van der Waals surface area (Å²) < 4.78 is 19.4. The number of nitrogens with two attached hydrogens (primary N) is 1. The summed E-state index contributed by atoms with van der Waals surface area (Å²) in [6, 6.07) is 9.49. The molecule has 0 heterocycles. The molecular weight excluding hydrogens is 308 g/mol. The van der Waals surface area contributed by atoms with Gasteiger partial charge in [-0.15, -0.1) is 0 Å². The zero-order valence-corrected chi connectivity index (χ0v) is 10.9. The van der Waals surface area contributed by atoms with Crippen LogP contribution in [0.15, 0.2) is 40.9 Å². The fraction of sp³-hybridized carbons (Fsp3) is 0. The number of anilines is 1. The number of rotatable bonds is 2. The minimum absolute atomic E-state index is 0.0431. The Hall–Kier alpha value is -1.26. The predicted molar refractivity (Wildman–Crippen MR) is 70.0 cm³/mol. The minimum Gasteiger partial charge on any atom is -0.456 e. The molecule has 0 bridgehead atoms. The van der Waals surface area contributed by atoms with E-state index in [-0.39, 0.29) is 5.02 Å². The van der Waals surface area contributed by atoms with Crippen molar-refractivity contribution in [1.82, 2.24) is 0 Å². The highest BCUT2D eigenvalue weighted by Gasteiger charge is 2.08. The first-order chi connectivity index (χ1) is 8.06. The lowest BCUT2D eigenvalue weighted by atomic mass is 10.3. The Kier molecular flexibility index (Phi) is 3.54. The zero-order chi connectivity index (χ0) is 12.4. The van der Waals surface area contributed by atoms with Crippen molar-refractivity contribution in [1.29, 1.82) is 0 Å². The van der Waals surface area contributed by atoms with Gasteiger partial charge in [0.1, 0.15) is 17.3 Å². The average Bonchev–Trinajstić information content (AvgIpc) is 2.29. The molecule has 0 aliphatic carbocycles. The van der Waals surface area contributed by atoms with Gasteiger partial charge < -0.3 is 10.5 Å². The van der Waals surface area contributed by atoms with E-state index in [2.05, 4.69) is 15.9 Å². The minimum atomic E-state index is -0.527. The first-order valence-electron chi connectivity index (χ1n) is 4.74. The first-order valence-corrected chi connectivity index (χ1v) is 5.91. The Bertz CT molecular complexity index is 545. The summed E-state index contributed by atoms with van der Waals surface area (Å²) in [5, 5.41) is 0.0431. The predicted octanol–water partition coefficient (Wildman–Crippen LogP) is 4.62. The summed E-state index contributed by atoms with van der Waals surface area (Å²) in [7, 11) is 0. The molecule has 0 atom stereocenters. The van der Waals surface area contributed by atoms with E-state index in [9.17, 15) is 4.39 Å². The maximum Gasteiger partial charge on any atom is 0.145 e. The van der Waals surface area contributed by atoms with Crippen molar-refractivity contribution in [2.75, 3.05) is 5.73 Å². The van der Waals surface area contributed by atoms with Gasteiger partial charge in [0, 0.05) is 11.8 Å². The topological polar surface area (TPSA) is 35.2 Å². The van der Waals surface area contributed by atoms with Crippen LogP contribution in [0.25, 0.3) is 0 Å². The molecule has 0 aliphatic rings. The third kappa shape index (κ3) is 2.90. The molecule has 2 aromatic rings. The molecule has 2 aromatic carbocycles. The monoisotopic (exact) mass is 315 g/mol. The second-order valence-electron chi connectivity index (χ2n) is 3.37. The molecule has 5 heteroatoms. The molecule has 0 spiro atoms. The lowest BCUT2D eigenvalue weighted by Gasteiger charge is -2.08. The molecule has 0 unspecified atom stereocenters. The number of benzene rings is 2. The lowest BCUT2D eigenvalue weighted by molar-refractivity contribution is 0.474. The van der Waals surface area contributed by atoms with Crippen LogP contribution in [0.5, 0.6) is 11.5 Å². The largest absolute Gasteiger partial charge is 0.456 e. The Balaban J connectivity index is 2.30. The highest BCUT2D eigenvalue weighted by Crippen LogP contribution is 2.33. The fourth-order valence-corrected chi connectivity index (χ4v) is 1.97. The molecule has 2 rings (SSSR count). The van der Waals surface area contributed by atoms with Crippen molar-refractivity contribution in [2.24, 2.45) is 0 Å². The SMILES string of the molecule is Nc1ccc(Oc2cc(F)c(Cl)cc2Br)cc1. The molecule has 17 heavy (non-hydrogen) atoms. The van der Waals surface area contributed by atoms with E-state index in [1.807, 2.05) is 0 Å². The number of hydrogen-bond donors (Lipinski definition) is 1. The van der Waals surface area contributed by atoms with Gasteiger partial charge >= 0.3 is 0 Å². The molecule has 0 aliphatic heterocycles. The Labute approximate surface area is 111 Å². The van der Waals surface area contributed by atoms with Crippen LogP contribution >= 0.6 is 27.5 Å². The zero-order valence-electron chi connectivity index (χ0n) is 8.58. The fourth-order valence-electron chi connectivity index (χ4n) is 1.25. The molecule has 2 nitrogen and oxygen atoms in total. The molecule has 88 valence electrons. The molecule has 0 amide bonds. The Morgan fingerprint density at radius 2 is 1.82 bits per heavy atom. The molecule has 0 fully saturated rings. The lowest BCUT2D eigenvalue weighted by Crippen LogP contribution is -1.89. The third-order valence-electron chi connectivity index (χ3n) is 2.08. The van der Waals surface area contributed by atoms with Crippen molar-refractivity contribution >= 4 is 33.2 Å². The van der Waals surface area contributed by atoms with Crippen LogP contribution in [0.3, 0.4) is 0 Å². The second-order valence-corrected chi connectivity index (χ2v) is 4.63. The summed E-state index contributed by atoms with van der Waals surface area (Å²) in [6.45, 7) is 0. The van der Waals surface area contributed by atoms with E-state index in [1.165, 1.54) is 12.1 Å². The van der Waals surface area contributed by atoms with Gasteiger partial charge in [-0.3, -0.25) is 0 Å². The van der Waals surface area contributed by atoms with Crippen LogP contribution < -0.4 is 10.5 Å². The number of ether oxygens (including phenoxy) is 1. The van der Waals surface area contributed by atoms with Crippen LogP contribution in [-0.4, -0.2) is 0 Å². The van der Waals surface area contributed by atoms with Crippen molar-refractivity contribution in [3.05, 3.63) is 51.7 Å². The quantitative estimate of drug-likeness (QED) is 0.648. The standard InChI is InChI=1S/C12H8BrClFNO/c13-9-5-10(14)11(15)6-12(9)17-8-3-1-7(16)2-4-8/h1-6H,16H2. The number of hydrogen-bond acceptors (Lipinski definition) is 2. The molecule has 0 radical (unpaired) electrons. The highest BCUT2D eigenvalue weighted by molar-refractivity contribution is 9.10. The molecular formula is C12H8BrClFNO. The van der Waals surface area contributed by atoms with E-state index in [0.29, 0.717) is 21.7 Å². The summed E-state index contributed by atoms with van der Waals surface area (Å²) in [5.41, 5.74) is 6.19. The summed E-state index contributed by atoms with van der Waals surface area (Å²) in [4.78, 5) is 0. The van der Waals surface area contributed by atoms with Crippen LogP contribution in [0.4, 0.5) is 10.1 Å². The maximum absolute atomic E-state index is 13.3. The van der Waals surface area contributed by atoms with Gasteiger partial charge in [-0.1, -0.05) is 11.6 Å². The average molecular weight is 317 g/mol. The first kappa shape index (κ1) is 12.2. The van der Waals surface area contributed by atoms with E-state index in [1.54, 1.807) is 24.3 Å². The van der Waals surface area contributed by atoms with Gasteiger partial charge in [-0.25, -0.2) is 4.39 Å². The molecule has 0 aromatic heterocycles. The third-order valence-corrected chi connectivity index (χ3v) is 2.99. The van der Waals surface area contributed by atoms with Crippen LogP contribution in [-0.2, 0) is 0 Å². The highest BCUT2D eigenvalue weighted by atomic mass is 79.9. The van der Waals surface area contributed by atoms with E-state index >= 15 is 0 Å². The van der Waals surface area contributed by atoms with Crippen LogP contribution in [0, 0.1) is 5.82 Å². The van der Waals surface area contributed by atoms with Crippen molar-refractivity contribution < 1.29 is 9.13 Å². The summed E-state index contributed by atoms with van der Waals surface area (Å²) in [6.07, 6.45) is 0. The van der Waals surface area contributed by atoms with Crippen molar-refractivity contribution in [3.63, 3.8) is 0 Å². The summed E-state index contributed by atoms with van der Waals surface area (Å²) >= 11 is 8.89.